The topological polar surface area (TPSA) is 62.2 Å². The number of fused-ring (bicyclic) bond motifs is 3. The number of phenols is 1. The summed E-state index contributed by atoms with van der Waals surface area (Å²) in [5.41, 5.74) is -0.536. The second-order valence-electron chi connectivity index (χ2n) is 14.7. The molecule has 7 rings (SSSR count). The summed E-state index contributed by atoms with van der Waals surface area (Å²) in [7, 11) is 1.84. The predicted octanol–water partition coefficient (Wildman–Crippen LogP) is 5.82. The number of ether oxygens (including phenoxy) is 2. The number of aromatic hydroxyl groups is 1. The lowest BCUT2D eigenvalue weighted by Crippen LogP contribution is -2.74. The second-order valence-corrected chi connectivity index (χ2v) is 14.7. The molecule has 1 aromatic carbocycles. The molecule has 8 atom stereocenters. The first-order valence-electron chi connectivity index (χ1n) is 14.8. The van der Waals surface area contributed by atoms with Crippen LogP contribution in [-0.2, 0) is 10.2 Å². The summed E-state index contributed by atoms with van der Waals surface area (Å²) in [4.78, 5) is 2.76. The Kier molecular flexibility index (Phi) is 5.53. The van der Waals surface area contributed by atoms with Gasteiger partial charge in [-0.1, -0.05) is 26.8 Å². The molecule has 2 aliphatic heterocycles. The molecule has 4 unspecified atom stereocenters. The lowest BCUT2D eigenvalue weighted by atomic mass is 9.50. The van der Waals surface area contributed by atoms with E-state index < -0.39 is 16.8 Å². The largest absolute Gasteiger partial charge is 0.504 e. The molecular weight excluding hydrogens is 462 g/mol. The van der Waals surface area contributed by atoms with Crippen molar-refractivity contribution >= 4 is 0 Å². The number of likely N-dealkylation sites (tertiary alicyclic amines) is 1. The first kappa shape index (κ1) is 26.0. The van der Waals surface area contributed by atoms with Gasteiger partial charge in [-0.15, -0.1) is 0 Å². The third kappa shape index (κ3) is 3.08. The number of benzene rings is 1. The van der Waals surface area contributed by atoms with E-state index in [2.05, 4.69) is 52.5 Å². The van der Waals surface area contributed by atoms with E-state index in [1.807, 2.05) is 14.0 Å². The molecule has 6 aliphatic rings. The molecule has 2 N–H and O–H groups in total. The summed E-state index contributed by atoms with van der Waals surface area (Å²) in [6, 6.07) is 4.27. The third-order valence-corrected chi connectivity index (χ3v) is 12.5. The van der Waals surface area contributed by atoms with Gasteiger partial charge in [0.05, 0.1) is 5.60 Å². The van der Waals surface area contributed by atoms with Gasteiger partial charge in [-0.3, -0.25) is 0 Å². The SMILES string of the molecule is COC12CCC(C[C@@H]1C(C)(O)C(C)(C)C)C1[C@@H](C)N(CC3CC3)CC[C@@]13c1c(C)ccc(O)c1O[C@]23C. The summed E-state index contributed by atoms with van der Waals surface area (Å²) >= 11 is 0. The highest BCUT2D eigenvalue weighted by Crippen LogP contribution is 2.73. The lowest BCUT2D eigenvalue weighted by Gasteiger charge is -2.61. The van der Waals surface area contributed by atoms with Crippen LogP contribution in [0.1, 0.15) is 91.2 Å². The number of nitrogens with zero attached hydrogens (tertiary/aromatic N) is 1. The fourth-order valence-electron chi connectivity index (χ4n) is 9.92. The highest BCUT2D eigenvalue weighted by atomic mass is 16.6. The van der Waals surface area contributed by atoms with Gasteiger partial charge in [0.15, 0.2) is 11.5 Å². The van der Waals surface area contributed by atoms with Crippen molar-refractivity contribution in [1.29, 1.82) is 0 Å². The number of hydrogen-bond donors (Lipinski definition) is 2. The molecule has 4 aliphatic carbocycles. The Morgan fingerprint density at radius 2 is 1.84 bits per heavy atom. The first-order chi connectivity index (χ1) is 17.2. The number of rotatable bonds is 4. The Bertz CT molecular complexity index is 1090. The van der Waals surface area contributed by atoms with Crippen LogP contribution in [0, 0.1) is 36.0 Å². The molecule has 206 valence electrons. The zero-order valence-electron chi connectivity index (χ0n) is 24.4. The average Bonchev–Trinajstić information content (AvgIpc) is 3.62. The Hall–Kier alpha value is -1.30. The molecule has 0 aromatic heterocycles. The molecule has 0 radical (unpaired) electrons. The minimum atomic E-state index is -0.953. The van der Waals surface area contributed by atoms with Crippen LogP contribution in [-0.4, -0.2) is 58.2 Å². The van der Waals surface area contributed by atoms with E-state index >= 15 is 0 Å². The standard InChI is InChI=1S/C32H49NO4/c1-19-9-12-23(34)27-25(19)31-15-16-33(18-21-10-11-21)20(2)26(31)22-13-14-32(36-8,30(31,7)37-27)24(17-22)29(6,35)28(3,4)5/h9,12,20-22,24,26,34-35H,10-11,13-18H2,1-8H3/t20-,22?,24-,26?,29?,30+,31-,32?/m1/s1. The minimum absolute atomic E-state index is 0.0860. The fraction of sp³-hybridized carbons (Fsp3) is 0.812. The molecule has 4 saturated carbocycles. The molecule has 1 saturated heterocycles. The minimum Gasteiger partial charge on any atom is -0.504 e. The van der Waals surface area contributed by atoms with E-state index in [0.717, 1.165) is 38.1 Å². The van der Waals surface area contributed by atoms with Crippen molar-refractivity contribution in [3.8, 4) is 11.5 Å². The van der Waals surface area contributed by atoms with Gasteiger partial charge in [-0.2, -0.15) is 0 Å². The molecule has 2 bridgehead atoms. The normalized spacial score (nSPS) is 42.8. The highest BCUT2D eigenvalue weighted by molar-refractivity contribution is 5.61. The lowest BCUT2D eigenvalue weighted by molar-refractivity contribution is -0.254. The number of aryl methyl sites for hydroxylation is 1. The number of piperidine rings is 1. The van der Waals surface area contributed by atoms with Crippen molar-refractivity contribution in [3.05, 3.63) is 23.3 Å². The monoisotopic (exact) mass is 511 g/mol. The molecule has 5 nitrogen and oxygen atoms in total. The van der Waals surface area contributed by atoms with Gasteiger partial charge in [-0.05, 0) is 108 Å². The van der Waals surface area contributed by atoms with Gasteiger partial charge < -0.3 is 24.6 Å². The molecule has 1 aromatic rings. The predicted molar refractivity (Wildman–Crippen MR) is 146 cm³/mol. The summed E-state index contributed by atoms with van der Waals surface area (Å²) in [5.74, 6) is 2.48. The molecule has 5 heteroatoms. The summed E-state index contributed by atoms with van der Waals surface area (Å²) in [5, 5.41) is 23.5. The van der Waals surface area contributed by atoms with E-state index in [9.17, 15) is 10.2 Å². The van der Waals surface area contributed by atoms with Gasteiger partial charge in [-0.25, -0.2) is 0 Å². The maximum atomic E-state index is 12.4. The third-order valence-electron chi connectivity index (χ3n) is 12.5. The number of aliphatic hydroxyl groups is 1. The quantitative estimate of drug-likeness (QED) is 0.533. The maximum absolute atomic E-state index is 12.4. The van der Waals surface area contributed by atoms with Crippen LogP contribution in [0.4, 0.5) is 0 Å². The molecule has 0 amide bonds. The Balaban J connectivity index is 1.62. The Labute approximate surface area is 223 Å². The van der Waals surface area contributed by atoms with Crippen molar-refractivity contribution in [2.45, 2.75) is 115 Å². The summed E-state index contributed by atoms with van der Waals surface area (Å²) < 4.78 is 14.0. The van der Waals surface area contributed by atoms with E-state index in [4.69, 9.17) is 9.47 Å². The number of hydrogen-bond acceptors (Lipinski definition) is 5. The zero-order chi connectivity index (χ0) is 26.8. The van der Waals surface area contributed by atoms with Crippen LogP contribution in [0.3, 0.4) is 0 Å². The first-order valence-corrected chi connectivity index (χ1v) is 14.8. The maximum Gasteiger partial charge on any atom is 0.166 e. The van der Waals surface area contributed by atoms with Crippen LogP contribution in [0.15, 0.2) is 12.1 Å². The molecular formula is C32H49NO4. The van der Waals surface area contributed by atoms with Gasteiger partial charge >= 0.3 is 0 Å². The van der Waals surface area contributed by atoms with Crippen LogP contribution in [0.25, 0.3) is 0 Å². The molecule has 2 heterocycles. The van der Waals surface area contributed by atoms with Crippen LogP contribution in [0.5, 0.6) is 11.5 Å². The van der Waals surface area contributed by atoms with Crippen molar-refractivity contribution in [2.24, 2.45) is 29.1 Å². The van der Waals surface area contributed by atoms with Crippen molar-refractivity contribution in [1.82, 2.24) is 4.90 Å². The van der Waals surface area contributed by atoms with Crippen LogP contribution in [0.2, 0.25) is 0 Å². The van der Waals surface area contributed by atoms with Crippen molar-refractivity contribution in [2.75, 3.05) is 20.2 Å². The fourth-order valence-corrected chi connectivity index (χ4v) is 9.92. The van der Waals surface area contributed by atoms with E-state index in [0.29, 0.717) is 23.6 Å². The molecule has 5 fully saturated rings. The summed E-state index contributed by atoms with van der Waals surface area (Å²) in [6.07, 6.45) is 6.62. The van der Waals surface area contributed by atoms with Gasteiger partial charge in [0.2, 0.25) is 0 Å². The smallest absolute Gasteiger partial charge is 0.166 e. The van der Waals surface area contributed by atoms with E-state index in [1.54, 1.807) is 6.07 Å². The Morgan fingerprint density at radius 1 is 1.14 bits per heavy atom. The number of phenolic OH excluding ortho intramolecular Hbond substituents is 1. The highest BCUT2D eigenvalue weighted by Gasteiger charge is 2.79. The van der Waals surface area contributed by atoms with Crippen LogP contribution < -0.4 is 4.74 Å². The zero-order valence-corrected chi connectivity index (χ0v) is 24.4. The van der Waals surface area contributed by atoms with Gasteiger partial charge in [0, 0.05) is 36.6 Å². The summed E-state index contributed by atoms with van der Waals surface area (Å²) in [6.45, 7) is 17.7. The van der Waals surface area contributed by atoms with E-state index in [1.165, 1.54) is 30.5 Å². The van der Waals surface area contributed by atoms with E-state index in [-0.39, 0.29) is 22.5 Å². The van der Waals surface area contributed by atoms with Gasteiger partial charge in [0.1, 0.15) is 11.2 Å². The Morgan fingerprint density at radius 3 is 2.46 bits per heavy atom. The van der Waals surface area contributed by atoms with Crippen molar-refractivity contribution < 1.29 is 19.7 Å². The number of methoxy groups -OCH3 is 1. The molecule has 37 heavy (non-hydrogen) atoms. The second kappa shape index (κ2) is 7.88. The average molecular weight is 512 g/mol. The van der Waals surface area contributed by atoms with Crippen molar-refractivity contribution in [3.63, 3.8) is 0 Å². The van der Waals surface area contributed by atoms with Crippen LogP contribution >= 0.6 is 0 Å². The molecule has 1 spiro atoms. The van der Waals surface area contributed by atoms with Gasteiger partial charge in [0.25, 0.3) is 0 Å².